The predicted molar refractivity (Wildman–Crippen MR) is 114 cm³/mol. The minimum absolute atomic E-state index is 0.0902. The summed E-state index contributed by atoms with van der Waals surface area (Å²) in [6.45, 7) is 0.448. The van der Waals surface area contributed by atoms with Gasteiger partial charge >= 0.3 is 0 Å². The molecule has 4 rings (SSSR count). The number of carbonyl (C=O) groups is 1. The highest BCUT2D eigenvalue weighted by molar-refractivity contribution is 6.30. The second kappa shape index (κ2) is 8.58. The Morgan fingerprint density at radius 3 is 2.80 bits per heavy atom. The molecule has 1 aromatic heterocycles. The third-order valence-corrected chi connectivity index (χ3v) is 5.80. The Kier molecular flexibility index (Phi) is 5.88. The van der Waals surface area contributed by atoms with Gasteiger partial charge in [-0.2, -0.15) is 5.10 Å². The van der Waals surface area contributed by atoms with E-state index in [1.807, 2.05) is 23.9 Å². The van der Waals surface area contributed by atoms with Gasteiger partial charge in [0.2, 0.25) is 0 Å². The monoisotopic (exact) mass is 427 g/mol. The minimum atomic E-state index is -0.396. The van der Waals surface area contributed by atoms with E-state index in [4.69, 9.17) is 16.7 Å². The van der Waals surface area contributed by atoms with E-state index in [2.05, 4.69) is 5.10 Å². The Labute approximate surface area is 179 Å². The number of halogens is 2. The molecule has 0 aliphatic carbocycles. The van der Waals surface area contributed by atoms with E-state index in [9.17, 15) is 9.18 Å². The summed E-state index contributed by atoms with van der Waals surface area (Å²) in [7, 11) is 1.88. The highest BCUT2D eigenvalue weighted by Gasteiger charge is 2.27. The predicted octanol–water partition coefficient (Wildman–Crippen LogP) is 4.28. The van der Waals surface area contributed by atoms with Crippen LogP contribution in [0.1, 0.15) is 45.6 Å². The zero-order chi connectivity index (χ0) is 21.3. The number of anilines is 1. The lowest BCUT2D eigenvalue weighted by Gasteiger charge is -2.23. The average Bonchev–Trinajstić information content (AvgIpc) is 2.98. The number of aliphatic hydroxyl groups excluding tert-OH is 1. The van der Waals surface area contributed by atoms with Gasteiger partial charge in [0, 0.05) is 47.6 Å². The number of unbranched alkanes of at least 4 members (excludes halogenated alkanes) is 1. The summed E-state index contributed by atoms with van der Waals surface area (Å²) in [6, 6.07) is 10.1. The lowest BCUT2D eigenvalue weighted by Crippen LogP contribution is -2.30. The Bertz CT molecular complexity index is 1100. The first-order valence-corrected chi connectivity index (χ1v) is 10.3. The van der Waals surface area contributed by atoms with E-state index < -0.39 is 5.82 Å². The summed E-state index contributed by atoms with van der Waals surface area (Å²) in [6.07, 6.45) is 4.24. The van der Waals surface area contributed by atoms with Crippen LogP contribution in [0, 0.1) is 5.82 Å². The van der Waals surface area contributed by atoms with Crippen molar-refractivity contribution >= 4 is 23.2 Å². The lowest BCUT2D eigenvalue weighted by molar-refractivity contribution is 0.0984. The van der Waals surface area contributed by atoms with Crippen molar-refractivity contribution in [1.82, 2.24) is 9.78 Å². The van der Waals surface area contributed by atoms with Crippen molar-refractivity contribution in [3.05, 3.63) is 81.4 Å². The number of amides is 1. The van der Waals surface area contributed by atoms with E-state index >= 15 is 0 Å². The van der Waals surface area contributed by atoms with Crippen LogP contribution in [0.15, 0.2) is 42.6 Å². The van der Waals surface area contributed by atoms with Gasteiger partial charge in [-0.1, -0.05) is 17.7 Å². The molecule has 0 fully saturated rings. The fourth-order valence-electron chi connectivity index (χ4n) is 3.91. The van der Waals surface area contributed by atoms with Crippen LogP contribution < -0.4 is 4.90 Å². The maximum atomic E-state index is 14.6. The molecule has 0 atom stereocenters. The number of aliphatic hydroxyl groups is 1. The zero-order valence-electron chi connectivity index (χ0n) is 16.7. The van der Waals surface area contributed by atoms with Crippen LogP contribution in [0.4, 0.5) is 10.1 Å². The molecular weight excluding hydrogens is 405 g/mol. The van der Waals surface area contributed by atoms with Gasteiger partial charge in [0.25, 0.3) is 5.91 Å². The molecular formula is C23H23ClFN3O2. The van der Waals surface area contributed by atoms with Crippen molar-refractivity contribution in [3.8, 4) is 0 Å². The van der Waals surface area contributed by atoms with Gasteiger partial charge in [-0.3, -0.25) is 9.48 Å². The molecule has 5 nitrogen and oxygen atoms in total. The van der Waals surface area contributed by atoms with Crippen LogP contribution in [0.5, 0.6) is 0 Å². The van der Waals surface area contributed by atoms with Gasteiger partial charge in [-0.05, 0) is 60.7 Å². The van der Waals surface area contributed by atoms with E-state index in [0.29, 0.717) is 48.4 Å². The minimum Gasteiger partial charge on any atom is -0.396 e. The molecule has 0 saturated heterocycles. The van der Waals surface area contributed by atoms with Crippen molar-refractivity contribution in [3.63, 3.8) is 0 Å². The molecule has 1 aliphatic rings. The first kappa shape index (κ1) is 20.6. The second-order valence-electron chi connectivity index (χ2n) is 7.57. The Hall–Kier alpha value is -2.70. The van der Waals surface area contributed by atoms with Crippen LogP contribution in [0.3, 0.4) is 0 Å². The number of benzene rings is 2. The quantitative estimate of drug-likeness (QED) is 0.618. The van der Waals surface area contributed by atoms with Crippen LogP contribution >= 0.6 is 11.6 Å². The molecule has 156 valence electrons. The van der Waals surface area contributed by atoms with Gasteiger partial charge < -0.3 is 10.0 Å². The summed E-state index contributed by atoms with van der Waals surface area (Å²) in [4.78, 5) is 15.1. The largest absolute Gasteiger partial charge is 0.396 e. The molecule has 0 unspecified atom stereocenters. The number of hydrogen-bond acceptors (Lipinski definition) is 3. The van der Waals surface area contributed by atoms with Crippen molar-refractivity contribution in [2.75, 3.05) is 11.5 Å². The molecule has 0 spiro atoms. The third kappa shape index (κ3) is 3.98. The molecule has 30 heavy (non-hydrogen) atoms. The average molecular weight is 428 g/mol. The summed E-state index contributed by atoms with van der Waals surface area (Å²) in [5.41, 5.74) is 4.54. The maximum Gasteiger partial charge on any atom is 0.258 e. The van der Waals surface area contributed by atoms with E-state index in [1.165, 1.54) is 6.07 Å². The SMILES string of the molecule is Cn1ncc2c1Cc1cc(Cl)ccc1N(C(=O)c1ccc(CCCCO)c(F)c1)C2. The first-order valence-electron chi connectivity index (χ1n) is 9.97. The van der Waals surface area contributed by atoms with E-state index in [0.717, 1.165) is 22.5 Å². The zero-order valence-corrected chi connectivity index (χ0v) is 17.5. The number of aromatic nitrogens is 2. The number of aryl methyl sites for hydroxylation is 2. The highest BCUT2D eigenvalue weighted by atomic mass is 35.5. The molecule has 3 aromatic rings. The Morgan fingerprint density at radius 2 is 2.03 bits per heavy atom. The molecule has 1 amide bonds. The number of carbonyl (C=O) groups excluding carboxylic acids is 1. The topological polar surface area (TPSA) is 58.4 Å². The molecule has 0 bridgehead atoms. The van der Waals surface area contributed by atoms with Gasteiger partial charge in [0.1, 0.15) is 5.82 Å². The fourth-order valence-corrected chi connectivity index (χ4v) is 4.11. The van der Waals surface area contributed by atoms with Crippen molar-refractivity contribution < 1.29 is 14.3 Å². The van der Waals surface area contributed by atoms with Crippen molar-refractivity contribution in [2.24, 2.45) is 7.05 Å². The molecule has 1 aliphatic heterocycles. The number of hydrogen-bond donors (Lipinski definition) is 1. The third-order valence-electron chi connectivity index (χ3n) is 5.57. The maximum absolute atomic E-state index is 14.6. The lowest BCUT2D eigenvalue weighted by atomic mass is 10.0. The molecule has 7 heteroatoms. The number of nitrogens with zero attached hydrogens (tertiary/aromatic N) is 3. The summed E-state index contributed by atoms with van der Waals surface area (Å²) in [5, 5.41) is 13.8. The smallest absolute Gasteiger partial charge is 0.258 e. The summed E-state index contributed by atoms with van der Waals surface area (Å²) >= 11 is 6.21. The molecule has 0 saturated carbocycles. The summed E-state index contributed by atoms with van der Waals surface area (Å²) in [5.74, 6) is -0.664. The molecule has 1 N–H and O–H groups in total. The van der Waals surface area contributed by atoms with Gasteiger partial charge in [-0.15, -0.1) is 0 Å². The van der Waals surface area contributed by atoms with E-state index in [1.54, 1.807) is 29.3 Å². The van der Waals surface area contributed by atoms with Crippen LogP contribution in [-0.2, 0) is 26.4 Å². The van der Waals surface area contributed by atoms with Gasteiger partial charge in [0.05, 0.1) is 12.7 Å². The van der Waals surface area contributed by atoms with Crippen LogP contribution in [0.2, 0.25) is 5.02 Å². The normalized spacial score (nSPS) is 13.0. The van der Waals surface area contributed by atoms with Crippen LogP contribution in [-0.4, -0.2) is 27.4 Å². The number of rotatable bonds is 5. The fraction of sp³-hybridized carbons (Fsp3) is 0.304. The standard InChI is InChI=1S/C23H23ClFN3O2/c1-27-22-12-17-10-19(24)7-8-21(17)28(14-18(22)13-26-27)23(30)16-6-5-15(20(25)11-16)4-2-3-9-29/h5-8,10-11,13,29H,2-4,9,12,14H2,1H3. The van der Waals surface area contributed by atoms with Crippen LogP contribution in [0.25, 0.3) is 0 Å². The molecule has 0 radical (unpaired) electrons. The Morgan fingerprint density at radius 1 is 1.20 bits per heavy atom. The number of fused-ring (bicyclic) bond motifs is 2. The summed E-state index contributed by atoms with van der Waals surface area (Å²) < 4.78 is 16.4. The van der Waals surface area contributed by atoms with Crippen molar-refractivity contribution in [2.45, 2.75) is 32.2 Å². The van der Waals surface area contributed by atoms with Gasteiger partial charge in [-0.25, -0.2) is 4.39 Å². The second-order valence-corrected chi connectivity index (χ2v) is 8.00. The van der Waals surface area contributed by atoms with Crippen molar-refractivity contribution in [1.29, 1.82) is 0 Å². The van der Waals surface area contributed by atoms with Gasteiger partial charge in [0.15, 0.2) is 0 Å². The van der Waals surface area contributed by atoms with E-state index in [-0.39, 0.29) is 12.5 Å². The highest BCUT2D eigenvalue weighted by Crippen LogP contribution is 2.33. The Balaban J connectivity index is 1.69. The molecule has 2 heterocycles. The first-order chi connectivity index (χ1) is 14.5. The molecule has 2 aromatic carbocycles.